The summed E-state index contributed by atoms with van der Waals surface area (Å²) in [4.78, 5) is 12.1. The van der Waals surface area contributed by atoms with Crippen LogP contribution < -0.4 is 10.1 Å². The van der Waals surface area contributed by atoms with Gasteiger partial charge in [0.25, 0.3) is 0 Å². The summed E-state index contributed by atoms with van der Waals surface area (Å²) in [6, 6.07) is 7.37. The number of aryl methyl sites for hydroxylation is 1. The lowest BCUT2D eigenvalue weighted by molar-refractivity contribution is -0.145. The third kappa shape index (κ3) is 4.91. The molecule has 2 aromatic carbocycles. The van der Waals surface area contributed by atoms with E-state index in [4.69, 9.17) is 14.2 Å². The maximum absolute atomic E-state index is 15.5. The summed E-state index contributed by atoms with van der Waals surface area (Å²) < 4.78 is 32.2. The summed E-state index contributed by atoms with van der Waals surface area (Å²) in [6.07, 6.45) is 4.36. The van der Waals surface area contributed by atoms with E-state index >= 15 is 4.39 Å². The van der Waals surface area contributed by atoms with E-state index in [1.807, 2.05) is 38.1 Å². The Bertz CT molecular complexity index is 1040. The van der Waals surface area contributed by atoms with Crippen molar-refractivity contribution in [3.63, 3.8) is 0 Å². The molecule has 2 aromatic rings. The molecule has 7 heteroatoms. The van der Waals surface area contributed by atoms with E-state index in [-0.39, 0.29) is 5.75 Å². The minimum absolute atomic E-state index is 0.241. The van der Waals surface area contributed by atoms with Crippen LogP contribution in [0.2, 0.25) is 0 Å². The second-order valence-corrected chi connectivity index (χ2v) is 9.52. The highest BCUT2D eigenvalue weighted by molar-refractivity contribution is 5.83. The minimum atomic E-state index is -1.08. The molecule has 0 radical (unpaired) electrons. The van der Waals surface area contributed by atoms with Gasteiger partial charge in [0.05, 0.1) is 13.7 Å². The quantitative estimate of drug-likeness (QED) is 0.504. The van der Waals surface area contributed by atoms with Gasteiger partial charge >= 0.3 is 5.97 Å². The number of anilines is 1. The number of halogens is 1. The van der Waals surface area contributed by atoms with Crippen molar-refractivity contribution in [2.24, 2.45) is 5.92 Å². The first-order chi connectivity index (χ1) is 16.3. The van der Waals surface area contributed by atoms with Crippen LogP contribution in [0.3, 0.4) is 0 Å². The number of hydrogen-bond donors (Lipinski definition) is 2. The van der Waals surface area contributed by atoms with Crippen LogP contribution in [0.15, 0.2) is 24.3 Å². The number of carbonyl (C=O) groups is 1. The summed E-state index contributed by atoms with van der Waals surface area (Å²) in [7, 11) is 1.48. The van der Waals surface area contributed by atoms with E-state index in [0.29, 0.717) is 56.4 Å². The first-order valence-electron chi connectivity index (χ1n) is 12.0. The van der Waals surface area contributed by atoms with Crippen molar-refractivity contribution in [2.75, 3.05) is 32.2 Å². The summed E-state index contributed by atoms with van der Waals surface area (Å²) in [6.45, 7) is 5.55. The molecule has 2 fully saturated rings. The Kier molecular flexibility index (Phi) is 7.43. The van der Waals surface area contributed by atoms with Crippen molar-refractivity contribution in [3.05, 3.63) is 46.8 Å². The van der Waals surface area contributed by atoms with E-state index in [2.05, 4.69) is 5.32 Å². The highest BCUT2D eigenvalue weighted by Gasteiger charge is 2.40. The van der Waals surface area contributed by atoms with Crippen LogP contribution in [0.1, 0.15) is 48.8 Å². The highest BCUT2D eigenvalue weighted by atomic mass is 19.1. The molecular formula is C27H34FNO5. The van der Waals surface area contributed by atoms with Crippen molar-refractivity contribution in [1.29, 1.82) is 0 Å². The monoisotopic (exact) mass is 471 g/mol. The van der Waals surface area contributed by atoms with Crippen LogP contribution in [0.5, 0.6) is 5.75 Å². The molecule has 34 heavy (non-hydrogen) atoms. The average Bonchev–Trinajstić information content (AvgIpc) is 2.79. The molecule has 1 saturated carbocycles. The SMILES string of the molecule is COc1c(C)c(C)cc(-c2ccc(NC3(C(=O)O)CCOCC3)cc2COCC2CCC2)c1F. The van der Waals surface area contributed by atoms with Crippen LogP contribution in [0, 0.1) is 25.6 Å². The zero-order chi connectivity index (χ0) is 24.3. The third-order valence-corrected chi connectivity index (χ3v) is 7.30. The summed E-state index contributed by atoms with van der Waals surface area (Å²) in [5.41, 5.74) is 3.27. The lowest BCUT2D eigenvalue weighted by Gasteiger charge is -2.35. The first-order valence-corrected chi connectivity index (χ1v) is 12.0. The standard InChI is InChI=1S/C27H34FNO5/c1-17-13-23(24(28)25(32-3)18(17)2)22-8-7-21(14-20(22)16-34-15-19-5-4-6-19)29-27(26(30)31)9-11-33-12-10-27/h7-8,13-14,19,29H,4-6,9-12,15-16H2,1-3H3,(H,30,31). The van der Waals surface area contributed by atoms with Gasteiger partial charge in [-0.05, 0) is 73.1 Å². The van der Waals surface area contributed by atoms with E-state index in [1.165, 1.54) is 26.4 Å². The topological polar surface area (TPSA) is 77.0 Å². The zero-order valence-electron chi connectivity index (χ0n) is 20.2. The Hall–Kier alpha value is -2.64. The number of aliphatic carboxylic acids is 1. The van der Waals surface area contributed by atoms with Gasteiger partial charge in [0, 0.05) is 43.9 Å². The summed E-state index contributed by atoms with van der Waals surface area (Å²) in [5.74, 6) is -0.475. The highest BCUT2D eigenvalue weighted by Crippen LogP contribution is 2.38. The molecule has 0 atom stereocenters. The van der Waals surface area contributed by atoms with Crippen LogP contribution in [0.25, 0.3) is 11.1 Å². The number of rotatable bonds is 9. The average molecular weight is 472 g/mol. The number of methoxy groups -OCH3 is 1. The molecule has 1 saturated heterocycles. The Balaban J connectivity index is 1.70. The second kappa shape index (κ2) is 10.3. The van der Waals surface area contributed by atoms with E-state index in [0.717, 1.165) is 22.3 Å². The van der Waals surface area contributed by atoms with E-state index in [1.54, 1.807) is 0 Å². The largest absolute Gasteiger partial charge is 0.493 e. The maximum atomic E-state index is 15.5. The van der Waals surface area contributed by atoms with Gasteiger partial charge in [0.2, 0.25) is 0 Å². The number of ether oxygens (including phenoxy) is 3. The molecule has 6 nitrogen and oxygen atoms in total. The predicted molar refractivity (Wildman–Crippen MR) is 129 cm³/mol. The smallest absolute Gasteiger partial charge is 0.329 e. The zero-order valence-corrected chi connectivity index (χ0v) is 20.2. The fourth-order valence-electron chi connectivity index (χ4n) is 4.73. The van der Waals surface area contributed by atoms with Crippen molar-refractivity contribution >= 4 is 11.7 Å². The fourth-order valence-corrected chi connectivity index (χ4v) is 4.73. The van der Waals surface area contributed by atoms with Gasteiger partial charge in [-0.2, -0.15) is 0 Å². The third-order valence-electron chi connectivity index (χ3n) is 7.30. The van der Waals surface area contributed by atoms with E-state index < -0.39 is 17.3 Å². The molecule has 0 spiro atoms. The Labute approximate surface area is 200 Å². The summed E-state index contributed by atoms with van der Waals surface area (Å²) >= 11 is 0. The molecule has 0 aromatic heterocycles. The van der Waals surface area contributed by atoms with Crippen molar-refractivity contribution < 1.29 is 28.5 Å². The molecule has 184 valence electrons. The Morgan fingerprint density at radius 1 is 1.21 bits per heavy atom. The van der Waals surface area contributed by atoms with Gasteiger partial charge in [0.1, 0.15) is 5.54 Å². The summed E-state index contributed by atoms with van der Waals surface area (Å²) in [5, 5.41) is 13.2. The molecular weight excluding hydrogens is 437 g/mol. The van der Waals surface area contributed by atoms with Gasteiger partial charge < -0.3 is 24.6 Å². The van der Waals surface area contributed by atoms with Crippen molar-refractivity contribution in [2.45, 2.75) is 58.1 Å². The van der Waals surface area contributed by atoms with Gasteiger partial charge in [-0.3, -0.25) is 0 Å². The van der Waals surface area contributed by atoms with E-state index in [9.17, 15) is 9.90 Å². The van der Waals surface area contributed by atoms with Gasteiger partial charge in [-0.15, -0.1) is 0 Å². The van der Waals surface area contributed by atoms with Crippen LogP contribution in [-0.2, 0) is 20.9 Å². The Morgan fingerprint density at radius 2 is 1.94 bits per heavy atom. The lowest BCUT2D eigenvalue weighted by atomic mass is 9.86. The van der Waals surface area contributed by atoms with Crippen molar-refractivity contribution in [3.8, 4) is 16.9 Å². The molecule has 4 rings (SSSR count). The molecule has 1 aliphatic carbocycles. The number of carboxylic acids is 1. The number of benzene rings is 2. The van der Waals surface area contributed by atoms with Gasteiger partial charge in [-0.25, -0.2) is 9.18 Å². The molecule has 1 heterocycles. The number of carboxylic acid groups (broad SMARTS) is 1. The molecule has 0 amide bonds. The number of nitrogens with one attached hydrogen (secondary N) is 1. The molecule has 2 N–H and O–H groups in total. The van der Waals surface area contributed by atoms with Crippen LogP contribution >= 0.6 is 0 Å². The maximum Gasteiger partial charge on any atom is 0.329 e. The van der Waals surface area contributed by atoms with Crippen LogP contribution in [-0.4, -0.2) is 43.5 Å². The molecule has 1 aliphatic heterocycles. The first kappa shape index (κ1) is 24.5. The molecule has 0 unspecified atom stereocenters. The normalized spacial score (nSPS) is 17.8. The Morgan fingerprint density at radius 3 is 2.56 bits per heavy atom. The van der Waals surface area contributed by atoms with Crippen molar-refractivity contribution in [1.82, 2.24) is 0 Å². The second-order valence-electron chi connectivity index (χ2n) is 9.52. The van der Waals surface area contributed by atoms with Gasteiger partial charge in [0.15, 0.2) is 11.6 Å². The van der Waals surface area contributed by atoms with Gasteiger partial charge in [-0.1, -0.05) is 12.5 Å². The fraction of sp³-hybridized carbons (Fsp3) is 0.519. The molecule has 0 bridgehead atoms. The number of hydrogen-bond acceptors (Lipinski definition) is 5. The molecule has 2 aliphatic rings. The lowest BCUT2D eigenvalue weighted by Crippen LogP contribution is -2.50. The minimum Gasteiger partial charge on any atom is -0.493 e. The predicted octanol–water partition coefficient (Wildman–Crippen LogP) is 5.48. The van der Waals surface area contributed by atoms with Crippen LogP contribution in [0.4, 0.5) is 10.1 Å².